The van der Waals surface area contributed by atoms with Gasteiger partial charge in [-0.25, -0.2) is 10.8 Å². The van der Waals surface area contributed by atoms with Crippen molar-refractivity contribution in [2.75, 3.05) is 5.75 Å². The fourth-order valence-electron chi connectivity index (χ4n) is 1.08. The van der Waals surface area contributed by atoms with Gasteiger partial charge >= 0.3 is 0 Å². The van der Waals surface area contributed by atoms with Gasteiger partial charge in [0.15, 0.2) is 11.9 Å². The molecule has 94 valence electrons. The Morgan fingerprint density at radius 2 is 2.12 bits per heavy atom. The van der Waals surface area contributed by atoms with Gasteiger partial charge in [-0.1, -0.05) is 12.1 Å². The summed E-state index contributed by atoms with van der Waals surface area (Å²) >= 11 is 1.46. The zero-order valence-electron chi connectivity index (χ0n) is 9.46. The lowest BCUT2D eigenvalue weighted by atomic mass is 10.2. The van der Waals surface area contributed by atoms with E-state index in [9.17, 15) is 4.79 Å². The fraction of sp³-hybridized carbons (Fsp3) is 0.364. The van der Waals surface area contributed by atoms with Crippen LogP contribution in [0.15, 0.2) is 29.2 Å². The van der Waals surface area contributed by atoms with Crippen LogP contribution in [0.1, 0.15) is 12.5 Å². The molecule has 3 N–H and O–H groups in total. The van der Waals surface area contributed by atoms with Crippen molar-refractivity contribution < 1.29 is 19.8 Å². The van der Waals surface area contributed by atoms with Gasteiger partial charge in [0.25, 0.3) is 0 Å². The van der Waals surface area contributed by atoms with Crippen molar-refractivity contribution in [3.63, 3.8) is 0 Å². The van der Waals surface area contributed by atoms with Crippen molar-refractivity contribution in [3.8, 4) is 0 Å². The summed E-state index contributed by atoms with van der Waals surface area (Å²) in [5, 5.41) is 8.29. The molecule has 1 aromatic rings. The minimum Gasteiger partial charge on any atom is -0.300 e. The molecule has 0 fully saturated rings. The lowest BCUT2D eigenvalue weighted by molar-refractivity contribution is -0.253. The van der Waals surface area contributed by atoms with Gasteiger partial charge in [-0.3, -0.25) is 10.1 Å². The van der Waals surface area contributed by atoms with Gasteiger partial charge in [0.2, 0.25) is 0 Å². The van der Waals surface area contributed by atoms with Gasteiger partial charge in [0, 0.05) is 10.6 Å². The predicted molar refractivity (Wildman–Crippen MR) is 64.3 cm³/mol. The molecule has 0 amide bonds. The fourth-order valence-corrected chi connectivity index (χ4v) is 2.00. The first-order valence-electron chi connectivity index (χ1n) is 4.96. The van der Waals surface area contributed by atoms with Crippen molar-refractivity contribution in [2.24, 2.45) is 5.90 Å². The van der Waals surface area contributed by atoms with E-state index in [2.05, 4.69) is 9.73 Å². The van der Waals surface area contributed by atoms with Crippen LogP contribution in [0.5, 0.6) is 0 Å². The van der Waals surface area contributed by atoms with E-state index in [1.807, 2.05) is 24.3 Å². The average Bonchev–Trinajstić information content (AvgIpc) is 2.38. The third-order valence-corrected chi connectivity index (χ3v) is 3.52. The molecule has 0 spiro atoms. The molecule has 0 bridgehead atoms. The lowest BCUT2D eigenvalue weighted by Crippen LogP contribution is -2.36. The van der Waals surface area contributed by atoms with Crippen LogP contribution in [0, 0.1) is 0 Å². The SMILES string of the molecule is CC(C=O)(CSc1ccc(COO)cc1)ON. The molecule has 17 heavy (non-hydrogen) atoms. The van der Waals surface area contributed by atoms with E-state index < -0.39 is 5.60 Å². The molecule has 0 saturated heterocycles. The molecule has 0 aliphatic carbocycles. The van der Waals surface area contributed by atoms with Crippen molar-refractivity contribution in [3.05, 3.63) is 29.8 Å². The number of hydrogen-bond acceptors (Lipinski definition) is 6. The predicted octanol–water partition coefficient (Wildman–Crippen LogP) is 1.62. The Bertz CT molecular complexity index is 357. The minimum atomic E-state index is -0.975. The van der Waals surface area contributed by atoms with Crippen molar-refractivity contribution in [2.45, 2.75) is 24.0 Å². The molecule has 5 nitrogen and oxygen atoms in total. The third kappa shape index (κ3) is 4.45. The Balaban J connectivity index is 2.55. The number of hydrogen-bond donors (Lipinski definition) is 2. The lowest BCUT2D eigenvalue weighted by Gasteiger charge is -2.19. The molecule has 0 heterocycles. The van der Waals surface area contributed by atoms with Crippen LogP contribution < -0.4 is 5.90 Å². The second-order valence-corrected chi connectivity index (χ2v) is 4.80. The summed E-state index contributed by atoms with van der Waals surface area (Å²) < 4.78 is 0. The molecule has 1 atom stereocenters. The van der Waals surface area contributed by atoms with Gasteiger partial charge in [-0.2, -0.15) is 0 Å². The number of carbonyl (C=O) groups is 1. The molecule has 0 aromatic heterocycles. The number of nitrogens with two attached hydrogens (primary N) is 1. The maximum atomic E-state index is 10.8. The first-order chi connectivity index (χ1) is 8.13. The summed E-state index contributed by atoms with van der Waals surface area (Å²) in [5.41, 5.74) is -0.109. The van der Waals surface area contributed by atoms with E-state index in [1.165, 1.54) is 11.8 Å². The monoisotopic (exact) mass is 257 g/mol. The molecule has 1 rings (SSSR count). The van der Waals surface area contributed by atoms with Crippen molar-refractivity contribution >= 4 is 18.0 Å². The highest BCUT2D eigenvalue weighted by Crippen LogP contribution is 2.23. The number of rotatable bonds is 7. The van der Waals surface area contributed by atoms with E-state index in [1.54, 1.807) is 6.92 Å². The standard InChI is InChI=1S/C11H15NO4S/c1-11(7-13,16-12)8-17-10-4-2-9(3-5-10)6-15-14/h2-5,7,14H,6,8,12H2,1H3. The summed E-state index contributed by atoms with van der Waals surface area (Å²) in [6.45, 7) is 1.78. The van der Waals surface area contributed by atoms with Crippen LogP contribution in [0.3, 0.4) is 0 Å². The molecule has 0 aliphatic rings. The zero-order valence-corrected chi connectivity index (χ0v) is 10.3. The topological polar surface area (TPSA) is 81.8 Å². The Kier molecular flexibility index (Phi) is 5.60. The van der Waals surface area contributed by atoms with Crippen LogP contribution >= 0.6 is 11.8 Å². The summed E-state index contributed by atoms with van der Waals surface area (Å²) in [7, 11) is 0. The Labute approximate surface area is 104 Å². The first kappa shape index (κ1) is 14.1. The van der Waals surface area contributed by atoms with Gasteiger partial charge in [-0.05, 0) is 24.6 Å². The van der Waals surface area contributed by atoms with Crippen LogP contribution in [-0.4, -0.2) is 22.9 Å². The highest BCUT2D eigenvalue weighted by atomic mass is 32.2. The highest BCUT2D eigenvalue weighted by Gasteiger charge is 2.23. The molecule has 0 aliphatic heterocycles. The molecule has 1 unspecified atom stereocenters. The Morgan fingerprint density at radius 1 is 1.47 bits per heavy atom. The number of thioether (sulfide) groups is 1. The zero-order chi connectivity index (χ0) is 12.7. The van der Waals surface area contributed by atoms with Crippen LogP contribution in [-0.2, 0) is 21.1 Å². The number of aldehydes is 1. The van der Waals surface area contributed by atoms with E-state index in [4.69, 9.17) is 11.2 Å². The largest absolute Gasteiger partial charge is 0.300 e. The Morgan fingerprint density at radius 3 is 2.59 bits per heavy atom. The molecular formula is C11H15NO4S. The first-order valence-corrected chi connectivity index (χ1v) is 5.94. The van der Waals surface area contributed by atoms with Crippen molar-refractivity contribution in [1.29, 1.82) is 0 Å². The normalized spacial score (nSPS) is 14.3. The third-order valence-electron chi connectivity index (χ3n) is 2.20. The van der Waals surface area contributed by atoms with E-state index >= 15 is 0 Å². The van der Waals surface area contributed by atoms with E-state index in [-0.39, 0.29) is 6.61 Å². The van der Waals surface area contributed by atoms with E-state index in [0.29, 0.717) is 12.0 Å². The highest BCUT2D eigenvalue weighted by molar-refractivity contribution is 7.99. The molecule has 0 radical (unpaired) electrons. The second kappa shape index (κ2) is 6.73. The summed E-state index contributed by atoms with van der Waals surface area (Å²) in [6.07, 6.45) is 0.688. The van der Waals surface area contributed by atoms with Crippen LogP contribution in [0.25, 0.3) is 0 Å². The van der Waals surface area contributed by atoms with Gasteiger partial charge in [0.05, 0.1) is 0 Å². The average molecular weight is 257 g/mol. The molecule has 6 heteroatoms. The summed E-state index contributed by atoms with van der Waals surface area (Å²) in [5.74, 6) is 5.49. The molecular weight excluding hydrogens is 242 g/mol. The second-order valence-electron chi connectivity index (χ2n) is 3.75. The maximum Gasteiger partial charge on any atom is 0.154 e. The van der Waals surface area contributed by atoms with Gasteiger partial charge in [-0.15, -0.1) is 11.8 Å². The Hall–Kier alpha value is -0.920. The van der Waals surface area contributed by atoms with E-state index in [0.717, 1.165) is 10.5 Å². The van der Waals surface area contributed by atoms with Gasteiger partial charge in [0.1, 0.15) is 6.61 Å². The quantitative estimate of drug-likeness (QED) is 0.334. The van der Waals surface area contributed by atoms with Gasteiger partial charge < -0.3 is 4.79 Å². The summed E-state index contributed by atoms with van der Waals surface area (Å²) in [4.78, 5) is 20.4. The number of benzene rings is 1. The summed E-state index contributed by atoms with van der Waals surface area (Å²) in [6, 6.07) is 7.42. The molecule has 0 saturated carbocycles. The minimum absolute atomic E-state index is 0.156. The van der Waals surface area contributed by atoms with Crippen LogP contribution in [0.2, 0.25) is 0 Å². The smallest absolute Gasteiger partial charge is 0.154 e. The van der Waals surface area contributed by atoms with Crippen molar-refractivity contribution in [1.82, 2.24) is 0 Å². The number of carbonyl (C=O) groups excluding carboxylic acids is 1. The van der Waals surface area contributed by atoms with Crippen LogP contribution in [0.4, 0.5) is 0 Å². The molecule has 1 aromatic carbocycles. The maximum absolute atomic E-state index is 10.8.